The molecule has 0 aliphatic carbocycles. The smallest absolute Gasteiger partial charge is 0.249 e. The molecule has 1 aliphatic rings. The molecule has 23 heavy (non-hydrogen) atoms. The van der Waals surface area contributed by atoms with Crippen LogP contribution < -0.4 is 14.5 Å². The Morgan fingerprint density at radius 2 is 1.83 bits per heavy atom. The second-order valence-corrected chi connectivity index (χ2v) is 6.60. The van der Waals surface area contributed by atoms with Gasteiger partial charge >= 0.3 is 0 Å². The van der Waals surface area contributed by atoms with Crippen LogP contribution in [0.5, 0.6) is 5.75 Å². The lowest BCUT2D eigenvalue weighted by molar-refractivity contribution is -0.119. The Kier molecular flexibility index (Phi) is 4.31. The number of fused-ring (bicyclic) bond motifs is 1. The van der Waals surface area contributed by atoms with Gasteiger partial charge in [-0.05, 0) is 42.8 Å². The molecule has 0 unspecified atom stereocenters. The highest BCUT2D eigenvalue weighted by molar-refractivity contribution is 9.10. The van der Waals surface area contributed by atoms with Gasteiger partial charge in [0, 0.05) is 18.1 Å². The Morgan fingerprint density at radius 3 is 2.48 bits per heavy atom. The number of benzene rings is 2. The summed E-state index contributed by atoms with van der Waals surface area (Å²) >= 11 is 3.53. The number of hydrogen-bond acceptors (Lipinski definition) is 3. The van der Waals surface area contributed by atoms with Crippen LogP contribution in [0.25, 0.3) is 0 Å². The predicted molar refractivity (Wildman–Crippen MR) is 96.2 cm³/mol. The molecule has 2 aromatic carbocycles. The monoisotopic (exact) mass is 374 g/mol. The first-order chi connectivity index (χ1) is 11.0. The van der Waals surface area contributed by atoms with Gasteiger partial charge < -0.3 is 14.5 Å². The van der Waals surface area contributed by atoms with Crippen LogP contribution in [0.3, 0.4) is 0 Å². The summed E-state index contributed by atoms with van der Waals surface area (Å²) in [7, 11) is 3.49. The van der Waals surface area contributed by atoms with Crippen LogP contribution in [0.4, 0.5) is 11.4 Å². The fraction of sp³-hybridized carbons (Fsp3) is 0.278. The van der Waals surface area contributed by atoms with Crippen molar-refractivity contribution < 1.29 is 9.53 Å². The highest BCUT2D eigenvalue weighted by Gasteiger charge is 2.33. The average molecular weight is 375 g/mol. The van der Waals surface area contributed by atoms with E-state index in [2.05, 4.69) is 26.9 Å². The van der Waals surface area contributed by atoms with Crippen molar-refractivity contribution in [3.05, 3.63) is 52.5 Å². The summed E-state index contributed by atoms with van der Waals surface area (Å²) in [4.78, 5) is 16.4. The number of ether oxygens (including phenoxy) is 1. The molecule has 120 valence electrons. The maximum absolute atomic E-state index is 12.5. The molecule has 1 amide bonds. The van der Waals surface area contributed by atoms with Gasteiger partial charge in [-0.25, -0.2) is 0 Å². The number of carbonyl (C=O) groups excluding carboxylic acids is 1. The van der Waals surface area contributed by atoms with E-state index in [0.717, 1.165) is 27.2 Å². The zero-order valence-corrected chi connectivity index (χ0v) is 15.0. The highest BCUT2D eigenvalue weighted by atomic mass is 79.9. The molecule has 4 nitrogen and oxygen atoms in total. The molecule has 1 aliphatic heterocycles. The number of carbonyl (C=O) groups is 1. The normalized spacial score (nSPS) is 17.2. The van der Waals surface area contributed by atoms with Crippen molar-refractivity contribution in [3.63, 3.8) is 0 Å². The predicted octanol–water partition coefficient (Wildman–Crippen LogP) is 3.83. The number of hydrogen-bond donors (Lipinski definition) is 0. The Hall–Kier alpha value is -2.01. The van der Waals surface area contributed by atoms with Crippen molar-refractivity contribution in [1.29, 1.82) is 0 Å². The van der Waals surface area contributed by atoms with Crippen LogP contribution >= 0.6 is 15.9 Å². The van der Waals surface area contributed by atoms with Gasteiger partial charge in [0.05, 0.1) is 18.5 Å². The number of halogens is 1. The zero-order valence-electron chi connectivity index (χ0n) is 13.4. The summed E-state index contributed by atoms with van der Waals surface area (Å²) < 4.78 is 6.21. The second-order valence-electron chi connectivity index (χ2n) is 5.68. The van der Waals surface area contributed by atoms with Crippen LogP contribution in [0.1, 0.15) is 12.5 Å². The van der Waals surface area contributed by atoms with E-state index >= 15 is 0 Å². The minimum Gasteiger partial charge on any atom is -0.497 e. The molecule has 0 saturated heterocycles. The molecular formula is C18H19BrN2O2. The second kappa shape index (κ2) is 6.24. The van der Waals surface area contributed by atoms with Crippen LogP contribution in [-0.4, -0.2) is 26.1 Å². The molecule has 1 atom stereocenters. The van der Waals surface area contributed by atoms with E-state index in [9.17, 15) is 4.79 Å². The van der Waals surface area contributed by atoms with Crippen LogP contribution in [0, 0.1) is 0 Å². The third-order valence-electron chi connectivity index (χ3n) is 4.28. The fourth-order valence-corrected chi connectivity index (χ4v) is 3.25. The number of rotatable bonds is 3. The lowest BCUT2D eigenvalue weighted by atomic mass is 10.1. The van der Waals surface area contributed by atoms with Gasteiger partial charge in [0.15, 0.2) is 0 Å². The number of amides is 1. The van der Waals surface area contributed by atoms with Gasteiger partial charge in [-0.1, -0.05) is 28.1 Å². The lowest BCUT2D eigenvalue weighted by Crippen LogP contribution is -2.50. The molecule has 0 radical (unpaired) electrons. The third kappa shape index (κ3) is 2.93. The molecule has 0 saturated carbocycles. The highest BCUT2D eigenvalue weighted by Crippen LogP contribution is 2.38. The lowest BCUT2D eigenvalue weighted by Gasteiger charge is -2.40. The Bertz CT molecular complexity index is 730. The number of methoxy groups -OCH3 is 1. The minimum atomic E-state index is -0.205. The van der Waals surface area contributed by atoms with Gasteiger partial charge in [-0.3, -0.25) is 4.79 Å². The largest absolute Gasteiger partial charge is 0.497 e. The Balaban J connectivity index is 1.98. The van der Waals surface area contributed by atoms with Crippen molar-refractivity contribution in [1.82, 2.24) is 0 Å². The first-order valence-electron chi connectivity index (χ1n) is 7.48. The zero-order chi connectivity index (χ0) is 16.6. The van der Waals surface area contributed by atoms with Crippen molar-refractivity contribution in [2.24, 2.45) is 0 Å². The van der Waals surface area contributed by atoms with E-state index < -0.39 is 0 Å². The van der Waals surface area contributed by atoms with Crippen LogP contribution in [0.15, 0.2) is 46.9 Å². The van der Waals surface area contributed by atoms with E-state index in [-0.39, 0.29) is 11.9 Å². The van der Waals surface area contributed by atoms with Gasteiger partial charge in [0.25, 0.3) is 0 Å². The number of nitrogens with zero attached hydrogens (tertiary/aromatic N) is 2. The van der Waals surface area contributed by atoms with Gasteiger partial charge in [-0.2, -0.15) is 0 Å². The summed E-state index contributed by atoms with van der Waals surface area (Å²) in [5.74, 6) is 0.938. The van der Waals surface area contributed by atoms with Crippen LogP contribution in [0.2, 0.25) is 0 Å². The maximum Gasteiger partial charge on any atom is 0.249 e. The van der Waals surface area contributed by atoms with E-state index in [0.29, 0.717) is 6.54 Å². The van der Waals surface area contributed by atoms with Crippen molar-refractivity contribution in [3.8, 4) is 5.75 Å². The SMILES string of the molecule is COc1ccc(CN2c3cc(Br)ccc3N(C)C(=O)[C@H]2C)cc1. The summed E-state index contributed by atoms with van der Waals surface area (Å²) in [6, 6.07) is 13.8. The average Bonchev–Trinajstić information content (AvgIpc) is 2.57. The molecule has 2 aromatic rings. The van der Waals surface area contributed by atoms with E-state index in [4.69, 9.17) is 4.74 Å². The molecule has 0 bridgehead atoms. The molecule has 0 fully saturated rings. The first-order valence-corrected chi connectivity index (χ1v) is 8.27. The molecule has 0 spiro atoms. The van der Waals surface area contributed by atoms with E-state index in [1.807, 2.05) is 50.4 Å². The standard InChI is InChI=1S/C18H19BrN2O2/c1-12-18(22)20(2)16-9-6-14(19)10-17(16)21(12)11-13-4-7-15(23-3)8-5-13/h4-10,12H,11H2,1-3H3/t12-/m1/s1. The fourth-order valence-electron chi connectivity index (χ4n) is 2.90. The quantitative estimate of drug-likeness (QED) is 0.818. The van der Waals surface area contributed by atoms with Crippen molar-refractivity contribution >= 4 is 33.2 Å². The number of likely N-dealkylation sites (N-methyl/N-ethyl adjacent to an activating group) is 1. The van der Waals surface area contributed by atoms with Crippen LogP contribution in [-0.2, 0) is 11.3 Å². The van der Waals surface area contributed by atoms with E-state index in [1.165, 1.54) is 0 Å². The molecule has 1 heterocycles. The summed E-state index contributed by atoms with van der Waals surface area (Å²) in [6.07, 6.45) is 0. The summed E-state index contributed by atoms with van der Waals surface area (Å²) in [5, 5.41) is 0. The van der Waals surface area contributed by atoms with Gasteiger partial charge in [0.1, 0.15) is 11.8 Å². The molecule has 5 heteroatoms. The Labute approximate surface area is 144 Å². The molecule has 0 N–H and O–H groups in total. The third-order valence-corrected chi connectivity index (χ3v) is 4.77. The van der Waals surface area contributed by atoms with Crippen molar-refractivity contribution in [2.45, 2.75) is 19.5 Å². The van der Waals surface area contributed by atoms with Gasteiger partial charge in [-0.15, -0.1) is 0 Å². The van der Waals surface area contributed by atoms with Gasteiger partial charge in [0.2, 0.25) is 5.91 Å². The maximum atomic E-state index is 12.5. The number of anilines is 2. The molecular weight excluding hydrogens is 356 g/mol. The minimum absolute atomic E-state index is 0.105. The first kappa shape index (κ1) is 15.9. The van der Waals surface area contributed by atoms with Crippen molar-refractivity contribution in [2.75, 3.05) is 24.0 Å². The van der Waals surface area contributed by atoms with E-state index in [1.54, 1.807) is 12.0 Å². The Morgan fingerprint density at radius 1 is 1.13 bits per heavy atom. The topological polar surface area (TPSA) is 32.8 Å². The summed E-state index contributed by atoms with van der Waals surface area (Å²) in [5.41, 5.74) is 3.13. The molecule has 0 aromatic heterocycles. The molecule has 3 rings (SSSR count). The summed E-state index contributed by atoms with van der Waals surface area (Å²) in [6.45, 7) is 2.63.